The molecule has 1 aliphatic heterocycles. The molecule has 1 aromatic carbocycles. The van der Waals surface area contributed by atoms with E-state index in [-0.39, 0.29) is 41.5 Å². The number of thioether (sulfide) groups is 1. The van der Waals surface area contributed by atoms with E-state index in [1.54, 1.807) is 11.8 Å². The third kappa shape index (κ3) is 8.49. The first-order valence-electron chi connectivity index (χ1n) is 8.05. The van der Waals surface area contributed by atoms with Crippen molar-refractivity contribution in [2.45, 2.75) is 36.5 Å². The van der Waals surface area contributed by atoms with Gasteiger partial charge in [-0.1, -0.05) is 22.9 Å². The molecule has 0 bridgehead atoms. The van der Waals surface area contributed by atoms with E-state index in [0.29, 0.717) is 24.2 Å². The van der Waals surface area contributed by atoms with E-state index in [4.69, 9.17) is 0 Å². The van der Waals surface area contributed by atoms with E-state index in [1.165, 1.54) is 4.90 Å². The molecule has 1 heterocycles. The van der Waals surface area contributed by atoms with Crippen LogP contribution in [0.5, 0.6) is 0 Å². The van der Waals surface area contributed by atoms with Crippen molar-refractivity contribution in [2.75, 3.05) is 24.6 Å². The Labute approximate surface area is 180 Å². The minimum atomic E-state index is -2.88. The molecule has 0 aromatic heterocycles. The van der Waals surface area contributed by atoms with Crippen molar-refractivity contribution in [3.05, 3.63) is 28.7 Å². The summed E-state index contributed by atoms with van der Waals surface area (Å²) >= 11 is 5.21. The fraction of sp³-hybridized carbons (Fsp3) is 0.562. The van der Waals surface area contributed by atoms with Crippen LogP contribution < -0.4 is 10.6 Å². The predicted octanol–water partition coefficient (Wildman–Crippen LogP) is 3.29. The molecular formula is C16H25BrIN3O2S2. The molecule has 2 N–H and O–H groups in total. The lowest BCUT2D eigenvalue weighted by Gasteiger charge is -2.17. The van der Waals surface area contributed by atoms with Crippen LogP contribution >= 0.6 is 51.7 Å². The van der Waals surface area contributed by atoms with Gasteiger partial charge in [-0.3, -0.25) is 4.99 Å². The number of nitrogens with one attached hydrogen (secondary N) is 2. The van der Waals surface area contributed by atoms with Crippen molar-refractivity contribution < 1.29 is 8.42 Å². The van der Waals surface area contributed by atoms with E-state index in [1.807, 2.05) is 19.1 Å². The Balaban J connectivity index is 0.00000312. The summed E-state index contributed by atoms with van der Waals surface area (Å²) in [5, 5.41) is 6.76. The Morgan fingerprint density at radius 1 is 1.40 bits per heavy atom. The molecule has 9 heteroatoms. The molecule has 2 atom stereocenters. The summed E-state index contributed by atoms with van der Waals surface area (Å²) in [6.45, 7) is 5.55. The summed E-state index contributed by atoms with van der Waals surface area (Å²) in [4.78, 5) is 5.82. The highest BCUT2D eigenvalue weighted by Crippen LogP contribution is 2.24. The van der Waals surface area contributed by atoms with Crippen LogP contribution in [0.3, 0.4) is 0 Å². The molecule has 2 unspecified atom stereocenters. The van der Waals surface area contributed by atoms with Gasteiger partial charge < -0.3 is 10.6 Å². The molecule has 0 spiro atoms. The average Bonchev–Trinajstić information content (AvgIpc) is 2.86. The molecular weight excluding hydrogens is 537 g/mol. The van der Waals surface area contributed by atoms with Gasteiger partial charge in [0.25, 0.3) is 0 Å². The number of benzene rings is 1. The van der Waals surface area contributed by atoms with Gasteiger partial charge in [-0.05, 0) is 37.6 Å². The molecule has 2 rings (SSSR count). The van der Waals surface area contributed by atoms with Gasteiger partial charge in [0.05, 0.1) is 18.1 Å². The standard InChI is InChI=1S/C16H24BrN3O2S2.HI/c1-3-18-16(20-14-8-9-24(21,22)11-14)19-10-12(2)23-15-6-4-13(17)5-7-15;/h4-7,12,14H,3,8-11H2,1-2H3,(H2,18,19,20);1H. The highest BCUT2D eigenvalue weighted by Gasteiger charge is 2.28. The maximum absolute atomic E-state index is 11.6. The Bertz CT molecular complexity index is 668. The second-order valence-electron chi connectivity index (χ2n) is 5.85. The first-order valence-corrected chi connectivity index (χ1v) is 11.5. The molecule has 25 heavy (non-hydrogen) atoms. The number of halogens is 2. The van der Waals surface area contributed by atoms with Gasteiger partial charge >= 0.3 is 0 Å². The van der Waals surface area contributed by atoms with Crippen LogP contribution in [0.4, 0.5) is 0 Å². The Morgan fingerprint density at radius 3 is 2.64 bits per heavy atom. The molecule has 0 amide bonds. The minimum Gasteiger partial charge on any atom is -0.357 e. The number of rotatable bonds is 6. The fourth-order valence-corrected chi connectivity index (χ4v) is 5.27. The average molecular weight is 562 g/mol. The van der Waals surface area contributed by atoms with Crippen LogP contribution in [0.2, 0.25) is 0 Å². The van der Waals surface area contributed by atoms with Crippen molar-refractivity contribution in [1.82, 2.24) is 10.6 Å². The largest absolute Gasteiger partial charge is 0.357 e. The second kappa shape index (κ2) is 11.0. The van der Waals surface area contributed by atoms with Crippen molar-refractivity contribution in [2.24, 2.45) is 4.99 Å². The molecule has 142 valence electrons. The monoisotopic (exact) mass is 561 g/mol. The van der Waals surface area contributed by atoms with E-state index in [0.717, 1.165) is 11.0 Å². The summed E-state index contributed by atoms with van der Waals surface area (Å²) < 4.78 is 24.2. The zero-order valence-electron chi connectivity index (χ0n) is 14.4. The third-order valence-electron chi connectivity index (χ3n) is 3.57. The van der Waals surface area contributed by atoms with Gasteiger partial charge in [-0.15, -0.1) is 35.7 Å². The van der Waals surface area contributed by atoms with Crippen molar-refractivity contribution in [1.29, 1.82) is 0 Å². The zero-order chi connectivity index (χ0) is 17.6. The van der Waals surface area contributed by atoms with E-state index in [9.17, 15) is 8.42 Å². The quantitative estimate of drug-likeness (QED) is 0.241. The lowest BCUT2D eigenvalue weighted by Crippen LogP contribution is -2.44. The predicted molar refractivity (Wildman–Crippen MR) is 121 cm³/mol. The maximum Gasteiger partial charge on any atom is 0.191 e. The number of hydrogen-bond donors (Lipinski definition) is 2. The van der Waals surface area contributed by atoms with E-state index < -0.39 is 9.84 Å². The first kappa shape index (κ1) is 23.0. The molecule has 1 fully saturated rings. The van der Waals surface area contributed by atoms with E-state index >= 15 is 0 Å². The van der Waals surface area contributed by atoms with Crippen molar-refractivity contribution >= 4 is 67.5 Å². The molecule has 5 nitrogen and oxygen atoms in total. The minimum absolute atomic E-state index is 0. The Hall–Kier alpha value is -0.000000000000000222. The number of hydrogen-bond acceptors (Lipinski definition) is 4. The second-order valence-corrected chi connectivity index (χ2v) is 10.5. The number of aliphatic imine (C=N–C) groups is 1. The summed E-state index contributed by atoms with van der Waals surface area (Å²) in [6.07, 6.45) is 0.649. The van der Waals surface area contributed by atoms with Crippen LogP contribution in [0.15, 0.2) is 38.6 Å². The normalized spacial score (nSPS) is 20.6. The summed E-state index contributed by atoms with van der Waals surface area (Å²) in [5.74, 6) is 1.16. The van der Waals surface area contributed by atoms with Gasteiger partial charge in [0.2, 0.25) is 0 Å². The zero-order valence-corrected chi connectivity index (χ0v) is 19.9. The molecule has 0 aliphatic carbocycles. The van der Waals surface area contributed by atoms with E-state index in [2.05, 4.69) is 50.6 Å². The van der Waals surface area contributed by atoms with Crippen molar-refractivity contribution in [3.8, 4) is 0 Å². The van der Waals surface area contributed by atoms with Gasteiger partial charge in [0, 0.05) is 27.2 Å². The van der Waals surface area contributed by atoms with Gasteiger partial charge in [0.1, 0.15) is 0 Å². The highest BCUT2D eigenvalue weighted by molar-refractivity contribution is 14.0. The van der Waals surface area contributed by atoms with Gasteiger partial charge in [-0.25, -0.2) is 8.42 Å². The highest BCUT2D eigenvalue weighted by atomic mass is 127. The number of nitrogens with zero attached hydrogens (tertiary/aromatic N) is 1. The Kier molecular flexibility index (Phi) is 10.1. The third-order valence-corrected chi connectivity index (χ3v) is 6.97. The summed E-state index contributed by atoms with van der Waals surface area (Å²) in [5.41, 5.74) is 0. The van der Waals surface area contributed by atoms with Crippen LogP contribution in [-0.4, -0.2) is 50.3 Å². The van der Waals surface area contributed by atoms with Gasteiger partial charge in [-0.2, -0.15) is 0 Å². The molecule has 0 saturated carbocycles. The van der Waals surface area contributed by atoms with Crippen molar-refractivity contribution in [3.63, 3.8) is 0 Å². The topological polar surface area (TPSA) is 70.6 Å². The number of sulfone groups is 1. The summed E-state index contributed by atoms with van der Waals surface area (Å²) in [7, 11) is -2.88. The lowest BCUT2D eigenvalue weighted by molar-refractivity contribution is 0.599. The molecule has 0 radical (unpaired) electrons. The first-order chi connectivity index (χ1) is 11.4. The van der Waals surface area contributed by atoms with Crippen LogP contribution in [0, 0.1) is 0 Å². The van der Waals surface area contributed by atoms with Crippen LogP contribution in [0.1, 0.15) is 20.3 Å². The maximum atomic E-state index is 11.6. The fourth-order valence-electron chi connectivity index (χ4n) is 2.42. The SMILES string of the molecule is CCNC(=NCC(C)Sc1ccc(Br)cc1)NC1CCS(=O)(=O)C1.I. The molecule has 1 aromatic rings. The van der Waals surface area contributed by atoms with Crippen LogP contribution in [0.25, 0.3) is 0 Å². The lowest BCUT2D eigenvalue weighted by atomic mass is 10.3. The molecule has 1 saturated heterocycles. The smallest absolute Gasteiger partial charge is 0.191 e. The van der Waals surface area contributed by atoms with Crippen LogP contribution in [-0.2, 0) is 9.84 Å². The molecule has 1 aliphatic rings. The van der Waals surface area contributed by atoms with Gasteiger partial charge in [0.15, 0.2) is 15.8 Å². The summed E-state index contributed by atoms with van der Waals surface area (Å²) in [6, 6.07) is 8.20. The number of guanidine groups is 1. The Morgan fingerprint density at radius 2 is 2.08 bits per heavy atom.